The van der Waals surface area contributed by atoms with Crippen LogP contribution in [0.2, 0.25) is 0 Å². The fourth-order valence-corrected chi connectivity index (χ4v) is 3.17. The van der Waals surface area contributed by atoms with E-state index in [0.717, 1.165) is 40.3 Å². The van der Waals surface area contributed by atoms with Crippen molar-refractivity contribution in [2.45, 2.75) is 13.3 Å². The Hall–Kier alpha value is -3.66. The third-order valence-electron chi connectivity index (χ3n) is 4.47. The van der Waals surface area contributed by atoms with Crippen LogP contribution in [-0.4, -0.2) is 16.1 Å². The van der Waals surface area contributed by atoms with Gasteiger partial charge >= 0.3 is 5.97 Å². The molecule has 0 spiro atoms. The van der Waals surface area contributed by atoms with Gasteiger partial charge in [-0.1, -0.05) is 61.5 Å². The third-order valence-corrected chi connectivity index (χ3v) is 4.47. The summed E-state index contributed by atoms with van der Waals surface area (Å²) in [5.74, 6) is -0.977. The van der Waals surface area contributed by atoms with Gasteiger partial charge in [-0.05, 0) is 52.0 Å². The zero-order valence-electron chi connectivity index (χ0n) is 15.6. The van der Waals surface area contributed by atoms with E-state index in [4.69, 9.17) is 5.11 Å². The van der Waals surface area contributed by atoms with E-state index in [0.29, 0.717) is 0 Å². The standard InChI is InChI=1S/C24H21NO3/c1-2-21(18-6-4-3-5-7-18)24(20-13-14-22(26)25-16-20)19-11-8-17(9-12-19)10-15-23(27)28/h3-16H,2H2,1H3,(H,25,26)(H,27,28). The van der Waals surface area contributed by atoms with Crippen LogP contribution in [0.25, 0.3) is 17.2 Å². The Kier molecular flexibility index (Phi) is 6.02. The van der Waals surface area contributed by atoms with Crippen LogP contribution in [0.4, 0.5) is 0 Å². The summed E-state index contributed by atoms with van der Waals surface area (Å²) in [6.45, 7) is 2.11. The second kappa shape index (κ2) is 8.82. The lowest BCUT2D eigenvalue weighted by Gasteiger charge is -2.16. The van der Waals surface area contributed by atoms with E-state index in [1.54, 1.807) is 12.3 Å². The average molecular weight is 371 g/mol. The molecule has 0 atom stereocenters. The van der Waals surface area contributed by atoms with E-state index in [-0.39, 0.29) is 5.56 Å². The van der Waals surface area contributed by atoms with Crippen molar-refractivity contribution in [3.05, 3.63) is 112 Å². The lowest BCUT2D eigenvalue weighted by Crippen LogP contribution is -2.04. The van der Waals surface area contributed by atoms with Gasteiger partial charge in [0.15, 0.2) is 0 Å². The zero-order valence-corrected chi connectivity index (χ0v) is 15.6. The first-order valence-electron chi connectivity index (χ1n) is 9.07. The second-order valence-corrected chi connectivity index (χ2v) is 6.31. The minimum absolute atomic E-state index is 0.144. The maximum atomic E-state index is 11.5. The lowest BCUT2D eigenvalue weighted by atomic mass is 9.88. The number of carboxylic acid groups (broad SMARTS) is 1. The van der Waals surface area contributed by atoms with Crippen molar-refractivity contribution in [3.63, 3.8) is 0 Å². The van der Waals surface area contributed by atoms with Gasteiger partial charge in [-0.2, -0.15) is 0 Å². The molecule has 2 aromatic carbocycles. The van der Waals surface area contributed by atoms with Crippen LogP contribution in [-0.2, 0) is 4.79 Å². The first kappa shape index (κ1) is 19.1. The Bertz CT molecular complexity index is 1050. The molecule has 0 unspecified atom stereocenters. The molecular weight excluding hydrogens is 350 g/mol. The normalized spacial score (nSPS) is 12.0. The molecule has 0 aliphatic heterocycles. The third kappa shape index (κ3) is 4.54. The van der Waals surface area contributed by atoms with Crippen molar-refractivity contribution in [1.29, 1.82) is 0 Å². The van der Waals surface area contributed by atoms with Crippen molar-refractivity contribution in [1.82, 2.24) is 4.98 Å². The number of hydrogen-bond acceptors (Lipinski definition) is 2. The van der Waals surface area contributed by atoms with Crippen molar-refractivity contribution in [2.75, 3.05) is 0 Å². The largest absolute Gasteiger partial charge is 0.478 e. The predicted octanol–water partition coefficient (Wildman–Crippen LogP) is 4.84. The Morgan fingerprint density at radius 1 is 0.929 bits per heavy atom. The van der Waals surface area contributed by atoms with E-state index >= 15 is 0 Å². The quantitative estimate of drug-likeness (QED) is 0.481. The van der Waals surface area contributed by atoms with E-state index in [2.05, 4.69) is 24.0 Å². The highest BCUT2D eigenvalue weighted by Gasteiger charge is 2.13. The molecule has 3 rings (SSSR count). The molecule has 1 heterocycles. The molecule has 0 saturated carbocycles. The second-order valence-electron chi connectivity index (χ2n) is 6.31. The minimum Gasteiger partial charge on any atom is -0.478 e. The Balaban J connectivity index is 2.16. The zero-order chi connectivity index (χ0) is 19.9. The van der Waals surface area contributed by atoms with Crippen LogP contribution in [0, 0.1) is 0 Å². The Morgan fingerprint density at radius 2 is 1.61 bits per heavy atom. The summed E-state index contributed by atoms with van der Waals surface area (Å²) >= 11 is 0. The molecule has 4 heteroatoms. The van der Waals surface area contributed by atoms with E-state index in [1.807, 2.05) is 48.5 Å². The molecular formula is C24H21NO3. The molecule has 3 aromatic rings. The molecule has 140 valence electrons. The van der Waals surface area contributed by atoms with Crippen molar-refractivity contribution in [3.8, 4) is 0 Å². The van der Waals surface area contributed by atoms with Crippen molar-refractivity contribution < 1.29 is 9.90 Å². The van der Waals surface area contributed by atoms with Gasteiger partial charge in [0.1, 0.15) is 0 Å². The highest BCUT2D eigenvalue weighted by molar-refractivity contribution is 5.98. The number of carboxylic acids is 1. The summed E-state index contributed by atoms with van der Waals surface area (Å²) < 4.78 is 0. The molecule has 0 radical (unpaired) electrons. The molecule has 0 aliphatic rings. The maximum Gasteiger partial charge on any atom is 0.328 e. The van der Waals surface area contributed by atoms with Gasteiger partial charge in [-0.3, -0.25) is 4.79 Å². The number of pyridine rings is 1. The molecule has 2 N–H and O–H groups in total. The number of rotatable bonds is 6. The molecule has 4 nitrogen and oxygen atoms in total. The summed E-state index contributed by atoms with van der Waals surface area (Å²) in [6.07, 6.45) is 5.23. The number of nitrogens with one attached hydrogen (secondary N) is 1. The molecule has 1 aromatic heterocycles. The van der Waals surface area contributed by atoms with Gasteiger partial charge in [0.2, 0.25) is 5.56 Å². The van der Waals surface area contributed by atoms with Crippen LogP contribution < -0.4 is 5.56 Å². The van der Waals surface area contributed by atoms with Crippen LogP contribution in [0.1, 0.15) is 35.6 Å². The average Bonchev–Trinajstić information content (AvgIpc) is 2.72. The highest BCUT2D eigenvalue weighted by Crippen LogP contribution is 2.33. The first-order valence-corrected chi connectivity index (χ1v) is 9.07. The lowest BCUT2D eigenvalue weighted by molar-refractivity contribution is -0.131. The predicted molar refractivity (Wildman–Crippen MR) is 113 cm³/mol. The number of hydrogen-bond donors (Lipinski definition) is 2. The first-order chi connectivity index (χ1) is 13.6. The summed E-state index contributed by atoms with van der Waals surface area (Å²) in [4.78, 5) is 25.0. The van der Waals surface area contributed by atoms with Crippen LogP contribution in [0.3, 0.4) is 0 Å². The molecule has 0 bridgehead atoms. The fourth-order valence-electron chi connectivity index (χ4n) is 3.17. The SMILES string of the molecule is CCC(=C(c1ccc(C=CC(=O)O)cc1)c1ccc(=O)[nH]c1)c1ccccc1. The topological polar surface area (TPSA) is 70.2 Å². The van der Waals surface area contributed by atoms with Gasteiger partial charge < -0.3 is 10.1 Å². The van der Waals surface area contributed by atoms with Gasteiger partial charge in [0.05, 0.1) is 0 Å². The molecule has 0 amide bonds. The van der Waals surface area contributed by atoms with E-state index in [1.165, 1.54) is 11.6 Å². The van der Waals surface area contributed by atoms with Gasteiger partial charge in [0, 0.05) is 18.3 Å². The van der Waals surface area contributed by atoms with Crippen molar-refractivity contribution >= 4 is 23.2 Å². The monoisotopic (exact) mass is 371 g/mol. The number of H-pyrrole nitrogens is 1. The summed E-state index contributed by atoms with van der Waals surface area (Å²) in [5.41, 5.74) is 5.93. The number of benzene rings is 2. The number of aliphatic carboxylic acids is 1. The summed E-state index contributed by atoms with van der Waals surface area (Å²) in [6, 6.07) is 21.2. The molecule has 0 fully saturated rings. The summed E-state index contributed by atoms with van der Waals surface area (Å²) in [7, 11) is 0. The van der Waals surface area contributed by atoms with E-state index < -0.39 is 5.97 Å². The Labute approximate surface area is 163 Å². The smallest absolute Gasteiger partial charge is 0.328 e. The minimum atomic E-state index is -0.977. The number of allylic oxidation sites excluding steroid dienone is 1. The summed E-state index contributed by atoms with van der Waals surface area (Å²) in [5, 5.41) is 8.80. The molecule has 0 saturated heterocycles. The van der Waals surface area contributed by atoms with Gasteiger partial charge in [0.25, 0.3) is 0 Å². The number of aromatic amines is 1. The van der Waals surface area contributed by atoms with Gasteiger partial charge in [-0.15, -0.1) is 0 Å². The van der Waals surface area contributed by atoms with Crippen LogP contribution >= 0.6 is 0 Å². The molecule has 0 aliphatic carbocycles. The van der Waals surface area contributed by atoms with Crippen molar-refractivity contribution in [2.24, 2.45) is 0 Å². The van der Waals surface area contributed by atoms with Gasteiger partial charge in [-0.25, -0.2) is 4.79 Å². The van der Waals surface area contributed by atoms with E-state index in [9.17, 15) is 9.59 Å². The number of carbonyl (C=O) groups is 1. The fraction of sp³-hybridized carbons (Fsp3) is 0.0833. The highest BCUT2D eigenvalue weighted by atomic mass is 16.4. The van der Waals surface area contributed by atoms with Crippen LogP contribution in [0.15, 0.2) is 83.8 Å². The van der Waals surface area contributed by atoms with Crippen LogP contribution in [0.5, 0.6) is 0 Å². The number of aromatic nitrogens is 1. The maximum absolute atomic E-state index is 11.5. The Morgan fingerprint density at radius 3 is 2.18 bits per heavy atom. The molecule has 28 heavy (non-hydrogen) atoms.